The van der Waals surface area contributed by atoms with Crippen molar-refractivity contribution in [3.63, 3.8) is 0 Å². The third-order valence-electron chi connectivity index (χ3n) is 4.65. The van der Waals surface area contributed by atoms with Crippen LogP contribution >= 0.6 is 0 Å². The molecule has 22 heavy (non-hydrogen) atoms. The summed E-state index contributed by atoms with van der Waals surface area (Å²) in [5, 5.41) is 14.9. The Morgan fingerprint density at radius 2 is 2.32 bits per heavy atom. The molecule has 7 nitrogen and oxygen atoms in total. The molecule has 2 atom stereocenters. The Hall–Kier alpha value is -1.83. The maximum atomic E-state index is 6.14. The van der Waals surface area contributed by atoms with Crippen LogP contribution in [0.25, 0.3) is 5.69 Å². The molecule has 0 amide bonds. The van der Waals surface area contributed by atoms with Gasteiger partial charge in [-0.2, -0.15) is 0 Å². The zero-order valence-corrected chi connectivity index (χ0v) is 12.6. The Kier molecular flexibility index (Phi) is 3.61. The lowest BCUT2D eigenvalue weighted by Crippen LogP contribution is -2.57. The summed E-state index contributed by atoms with van der Waals surface area (Å²) in [6, 6.07) is 6.74. The molecule has 2 fully saturated rings. The minimum atomic E-state index is 0.116. The molecule has 1 aromatic heterocycles. The predicted octanol–water partition coefficient (Wildman–Crippen LogP) is 0.316. The Morgan fingerprint density at radius 1 is 1.36 bits per heavy atom. The van der Waals surface area contributed by atoms with E-state index in [-0.39, 0.29) is 6.10 Å². The number of nitrogens with one attached hydrogen (secondary N) is 1. The van der Waals surface area contributed by atoms with E-state index >= 15 is 0 Å². The first-order valence-corrected chi connectivity index (χ1v) is 7.72. The fourth-order valence-electron chi connectivity index (χ4n) is 3.40. The molecule has 116 valence electrons. The van der Waals surface area contributed by atoms with Gasteiger partial charge in [-0.25, -0.2) is 4.68 Å². The van der Waals surface area contributed by atoms with Gasteiger partial charge in [-0.05, 0) is 34.5 Å². The molecule has 2 aliphatic heterocycles. The van der Waals surface area contributed by atoms with E-state index in [9.17, 15) is 0 Å². The molecule has 0 saturated carbocycles. The van der Waals surface area contributed by atoms with E-state index in [1.54, 1.807) is 11.0 Å². The predicted molar refractivity (Wildman–Crippen MR) is 80.8 cm³/mol. The summed E-state index contributed by atoms with van der Waals surface area (Å²) in [5.74, 6) is 0. The molecule has 2 aliphatic rings. The molecule has 0 spiro atoms. The minimum absolute atomic E-state index is 0.116. The topological polar surface area (TPSA) is 68.1 Å². The number of nitrogens with zero attached hydrogens (tertiary/aromatic N) is 5. The van der Waals surface area contributed by atoms with E-state index in [0.717, 1.165) is 38.5 Å². The lowest BCUT2D eigenvalue weighted by molar-refractivity contribution is -0.0719. The summed E-state index contributed by atoms with van der Waals surface area (Å²) in [6.45, 7) is 7.03. The van der Waals surface area contributed by atoms with Crippen molar-refractivity contribution in [3.8, 4) is 5.69 Å². The van der Waals surface area contributed by atoms with Gasteiger partial charge in [0.1, 0.15) is 6.33 Å². The summed E-state index contributed by atoms with van der Waals surface area (Å²) in [5.41, 5.74) is 3.41. The largest absolute Gasteiger partial charge is 0.370 e. The van der Waals surface area contributed by atoms with Gasteiger partial charge in [0, 0.05) is 32.2 Å². The minimum Gasteiger partial charge on any atom is -0.370 e. The van der Waals surface area contributed by atoms with Gasteiger partial charge >= 0.3 is 0 Å². The van der Waals surface area contributed by atoms with Crippen molar-refractivity contribution in [1.29, 1.82) is 0 Å². The van der Waals surface area contributed by atoms with Gasteiger partial charge in [-0.1, -0.05) is 12.1 Å². The number of rotatable bonds is 2. The van der Waals surface area contributed by atoms with Crippen LogP contribution in [0.15, 0.2) is 24.5 Å². The van der Waals surface area contributed by atoms with Gasteiger partial charge in [0.2, 0.25) is 0 Å². The molecule has 0 bridgehead atoms. The number of tetrazole rings is 1. The summed E-state index contributed by atoms with van der Waals surface area (Å²) in [7, 11) is 0. The SMILES string of the molecule is Cc1c([C@H]2CN3CCNC[C@H]3CO2)cccc1-n1cnnn1. The van der Waals surface area contributed by atoms with E-state index in [1.807, 2.05) is 12.1 Å². The molecule has 0 unspecified atom stereocenters. The van der Waals surface area contributed by atoms with Crippen LogP contribution in [0, 0.1) is 6.92 Å². The lowest BCUT2D eigenvalue weighted by Gasteiger charge is -2.43. The summed E-state index contributed by atoms with van der Waals surface area (Å²) < 4.78 is 7.85. The summed E-state index contributed by atoms with van der Waals surface area (Å²) in [6.07, 6.45) is 1.74. The maximum absolute atomic E-state index is 6.14. The van der Waals surface area contributed by atoms with Crippen molar-refractivity contribution >= 4 is 0 Å². The summed E-state index contributed by atoms with van der Waals surface area (Å²) >= 11 is 0. The molecule has 0 aliphatic carbocycles. The number of benzene rings is 1. The Bertz CT molecular complexity index is 643. The molecule has 3 heterocycles. The van der Waals surface area contributed by atoms with Gasteiger partial charge in [0.25, 0.3) is 0 Å². The number of aromatic nitrogens is 4. The molecule has 2 aromatic rings. The number of ether oxygens (including phenoxy) is 1. The van der Waals surface area contributed by atoms with Gasteiger partial charge in [0.05, 0.1) is 18.4 Å². The fourth-order valence-corrected chi connectivity index (χ4v) is 3.40. The number of piperazine rings is 1. The fraction of sp³-hybridized carbons (Fsp3) is 0.533. The quantitative estimate of drug-likeness (QED) is 0.861. The molecule has 2 saturated heterocycles. The van der Waals surface area contributed by atoms with Crippen LogP contribution in [-0.2, 0) is 4.74 Å². The van der Waals surface area contributed by atoms with Crippen LogP contribution in [0.3, 0.4) is 0 Å². The third-order valence-corrected chi connectivity index (χ3v) is 4.65. The highest BCUT2D eigenvalue weighted by Crippen LogP contribution is 2.30. The molecule has 0 radical (unpaired) electrons. The zero-order chi connectivity index (χ0) is 14.9. The Morgan fingerprint density at radius 3 is 3.18 bits per heavy atom. The monoisotopic (exact) mass is 300 g/mol. The number of fused-ring (bicyclic) bond motifs is 1. The molecular weight excluding hydrogens is 280 g/mol. The van der Waals surface area contributed by atoms with Gasteiger partial charge < -0.3 is 10.1 Å². The molecule has 1 N–H and O–H groups in total. The van der Waals surface area contributed by atoms with Crippen molar-refractivity contribution in [1.82, 2.24) is 30.4 Å². The van der Waals surface area contributed by atoms with Crippen LogP contribution in [0.1, 0.15) is 17.2 Å². The van der Waals surface area contributed by atoms with Crippen molar-refractivity contribution in [2.45, 2.75) is 19.1 Å². The van der Waals surface area contributed by atoms with E-state index in [2.05, 4.69) is 38.7 Å². The van der Waals surface area contributed by atoms with Crippen LogP contribution in [0.5, 0.6) is 0 Å². The van der Waals surface area contributed by atoms with Crippen molar-refractivity contribution < 1.29 is 4.74 Å². The number of hydrogen-bond donors (Lipinski definition) is 1. The van der Waals surface area contributed by atoms with E-state index in [4.69, 9.17) is 4.74 Å². The van der Waals surface area contributed by atoms with E-state index < -0.39 is 0 Å². The smallest absolute Gasteiger partial charge is 0.143 e. The highest BCUT2D eigenvalue weighted by molar-refractivity contribution is 5.45. The van der Waals surface area contributed by atoms with Crippen LogP contribution in [0.2, 0.25) is 0 Å². The highest BCUT2D eigenvalue weighted by Gasteiger charge is 2.32. The highest BCUT2D eigenvalue weighted by atomic mass is 16.5. The standard InChI is InChI=1S/C15H20N6O/c1-11-13(3-2-4-14(11)21-10-17-18-19-21)15-8-20-6-5-16-7-12(20)9-22-15/h2-4,10,12,15-16H,5-9H2,1H3/t12-,15+/m0/s1. The number of morpholine rings is 1. The van der Waals surface area contributed by atoms with E-state index in [1.165, 1.54) is 11.1 Å². The van der Waals surface area contributed by atoms with Crippen LogP contribution in [0.4, 0.5) is 0 Å². The van der Waals surface area contributed by atoms with Gasteiger partial charge in [-0.3, -0.25) is 4.90 Å². The first-order valence-electron chi connectivity index (χ1n) is 7.72. The Balaban J connectivity index is 1.61. The van der Waals surface area contributed by atoms with Crippen molar-refractivity contribution in [3.05, 3.63) is 35.7 Å². The second-order valence-corrected chi connectivity index (χ2v) is 5.92. The number of hydrogen-bond acceptors (Lipinski definition) is 6. The van der Waals surface area contributed by atoms with Gasteiger partial charge in [0.15, 0.2) is 0 Å². The second-order valence-electron chi connectivity index (χ2n) is 5.92. The zero-order valence-electron chi connectivity index (χ0n) is 12.6. The first kappa shape index (κ1) is 13.8. The normalized spacial score (nSPS) is 25.9. The molecular formula is C15H20N6O. The maximum Gasteiger partial charge on any atom is 0.143 e. The average Bonchev–Trinajstić information content (AvgIpc) is 3.09. The lowest BCUT2D eigenvalue weighted by atomic mass is 9.99. The molecule has 1 aromatic carbocycles. The average molecular weight is 300 g/mol. The van der Waals surface area contributed by atoms with E-state index in [0.29, 0.717) is 6.04 Å². The van der Waals surface area contributed by atoms with Crippen molar-refractivity contribution in [2.75, 3.05) is 32.8 Å². The van der Waals surface area contributed by atoms with Gasteiger partial charge in [-0.15, -0.1) is 5.10 Å². The molecule has 7 heteroatoms. The third kappa shape index (κ3) is 2.41. The van der Waals surface area contributed by atoms with Crippen molar-refractivity contribution in [2.24, 2.45) is 0 Å². The first-order chi connectivity index (χ1) is 10.8. The second kappa shape index (κ2) is 5.75. The summed E-state index contributed by atoms with van der Waals surface area (Å²) in [4.78, 5) is 2.54. The van der Waals surface area contributed by atoms with Crippen LogP contribution < -0.4 is 5.32 Å². The van der Waals surface area contributed by atoms with Crippen LogP contribution in [-0.4, -0.2) is 63.9 Å². The molecule has 4 rings (SSSR count). The Labute approximate surface area is 129 Å².